The molecule has 3 aromatic rings. The standard InChI is InChI=1S/C30H41N3O2S/c1-3-4-5-6-7-8-9-10-11-12-13-20-29(34)31-25-17-14-16-24(21-25)28-23-36-30(33-28)32-26-18-15-19-27(22-26)35-2/h14-19,21-23H,3-13,20H2,1-2H3,(H,31,34)(H,32,33). The molecule has 0 saturated carbocycles. The fourth-order valence-electron chi connectivity index (χ4n) is 4.22. The van der Waals surface area contributed by atoms with E-state index in [0.29, 0.717) is 6.42 Å². The van der Waals surface area contributed by atoms with Crippen LogP contribution in [0.5, 0.6) is 5.75 Å². The maximum absolute atomic E-state index is 12.4. The zero-order valence-electron chi connectivity index (χ0n) is 21.9. The monoisotopic (exact) mass is 507 g/mol. The Morgan fingerprint density at radius 2 is 1.53 bits per heavy atom. The Morgan fingerprint density at radius 1 is 0.861 bits per heavy atom. The number of unbranched alkanes of at least 4 members (excludes halogenated alkanes) is 10. The van der Waals surface area contributed by atoms with E-state index in [9.17, 15) is 4.79 Å². The summed E-state index contributed by atoms with van der Waals surface area (Å²) in [5.74, 6) is 0.884. The molecule has 36 heavy (non-hydrogen) atoms. The van der Waals surface area contributed by atoms with Crippen LogP contribution in [0.15, 0.2) is 53.9 Å². The Labute approximate surface area is 220 Å². The first-order valence-corrected chi connectivity index (χ1v) is 14.3. The lowest BCUT2D eigenvalue weighted by Crippen LogP contribution is -2.11. The molecule has 6 heteroatoms. The van der Waals surface area contributed by atoms with E-state index in [1.54, 1.807) is 18.4 Å². The van der Waals surface area contributed by atoms with Gasteiger partial charge >= 0.3 is 0 Å². The van der Waals surface area contributed by atoms with Gasteiger partial charge in [-0.15, -0.1) is 11.3 Å². The van der Waals surface area contributed by atoms with Crippen molar-refractivity contribution in [1.29, 1.82) is 0 Å². The molecule has 0 aliphatic rings. The molecular formula is C30H41N3O2S. The highest BCUT2D eigenvalue weighted by atomic mass is 32.1. The van der Waals surface area contributed by atoms with Crippen molar-refractivity contribution < 1.29 is 9.53 Å². The van der Waals surface area contributed by atoms with Crippen LogP contribution in [0.3, 0.4) is 0 Å². The molecule has 2 aromatic carbocycles. The van der Waals surface area contributed by atoms with Gasteiger partial charge in [-0.2, -0.15) is 0 Å². The van der Waals surface area contributed by atoms with Crippen molar-refractivity contribution in [3.63, 3.8) is 0 Å². The summed E-state index contributed by atoms with van der Waals surface area (Å²) in [6.07, 6.45) is 14.7. The second-order valence-corrected chi connectivity index (χ2v) is 10.2. The van der Waals surface area contributed by atoms with Gasteiger partial charge in [-0.25, -0.2) is 4.98 Å². The van der Waals surface area contributed by atoms with E-state index in [-0.39, 0.29) is 5.91 Å². The first-order chi connectivity index (χ1) is 17.7. The highest BCUT2D eigenvalue weighted by Gasteiger charge is 2.08. The lowest BCUT2D eigenvalue weighted by atomic mass is 10.1. The maximum atomic E-state index is 12.4. The van der Waals surface area contributed by atoms with Gasteiger partial charge in [0, 0.05) is 34.8 Å². The molecule has 0 atom stereocenters. The molecule has 0 aliphatic carbocycles. The van der Waals surface area contributed by atoms with E-state index in [4.69, 9.17) is 9.72 Å². The number of ether oxygens (including phenoxy) is 1. The lowest BCUT2D eigenvalue weighted by Gasteiger charge is -2.07. The first-order valence-electron chi connectivity index (χ1n) is 13.4. The number of benzene rings is 2. The second-order valence-electron chi connectivity index (χ2n) is 9.31. The number of nitrogens with one attached hydrogen (secondary N) is 2. The predicted molar refractivity (Wildman–Crippen MR) is 154 cm³/mol. The summed E-state index contributed by atoms with van der Waals surface area (Å²) in [6, 6.07) is 15.7. The van der Waals surface area contributed by atoms with Crippen molar-refractivity contribution in [2.24, 2.45) is 0 Å². The Hall–Kier alpha value is -2.86. The molecule has 2 N–H and O–H groups in total. The molecular weight excluding hydrogens is 466 g/mol. The average Bonchev–Trinajstić information content (AvgIpc) is 3.36. The molecule has 0 saturated heterocycles. The van der Waals surface area contributed by atoms with E-state index < -0.39 is 0 Å². The first kappa shape index (κ1) is 27.7. The lowest BCUT2D eigenvalue weighted by molar-refractivity contribution is -0.116. The number of nitrogens with zero attached hydrogens (tertiary/aromatic N) is 1. The van der Waals surface area contributed by atoms with Crippen molar-refractivity contribution in [3.05, 3.63) is 53.9 Å². The molecule has 194 valence electrons. The van der Waals surface area contributed by atoms with Crippen LogP contribution < -0.4 is 15.4 Å². The van der Waals surface area contributed by atoms with Gasteiger partial charge in [0.1, 0.15) is 5.75 Å². The van der Waals surface area contributed by atoms with Gasteiger partial charge in [0.05, 0.1) is 12.8 Å². The van der Waals surface area contributed by atoms with Gasteiger partial charge in [-0.3, -0.25) is 4.79 Å². The van der Waals surface area contributed by atoms with Crippen molar-refractivity contribution in [2.75, 3.05) is 17.7 Å². The van der Waals surface area contributed by atoms with Crippen LogP contribution in [0.1, 0.15) is 84.0 Å². The number of hydrogen-bond donors (Lipinski definition) is 2. The molecule has 1 amide bonds. The third-order valence-electron chi connectivity index (χ3n) is 6.27. The smallest absolute Gasteiger partial charge is 0.224 e. The topological polar surface area (TPSA) is 63.2 Å². The molecule has 0 unspecified atom stereocenters. The molecule has 0 spiro atoms. The number of anilines is 3. The molecule has 0 bridgehead atoms. The minimum absolute atomic E-state index is 0.0849. The summed E-state index contributed by atoms with van der Waals surface area (Å²) >= 11 is 1.55. The highest BCUT2D eigenvalue weighted by Crippen LogP contribution is 2.29. The van der Waals surface area contributed by atoms with Crippen LogP contribution in [-0.4, -0.2) is 18.0 Å². The van der Waals surface area contributed by atoms with Gasteiger partial charge in [0.25, 0.3) is 0 Å². The molecule has 0 radical (unpaired) electrons. The Kier molecular flexibility index (Phi) is 12.3. The maximum Gasteiger partial charge on any atom is 0.224 e. The summed E-state index contributed by atoms with van der Waals surface area (Å²) in [6.45, 7) is 2.26. The van der Waals surface area contributed by atoms with Crippen LogP contribution in [0.2, 0.25) is 0 Å². The summed E-state index contributed by atoms with van der Waals surface area (Å²) in [5, 5.41) is 9.21. The van der Waals surface area contributed by atoms with Crippen LogP contribution in [-0.2, 0) is 4.79 Å². The average molecular weight is 508 g/mol. The quantitative estimate of drug-likeness (QED) is 0.179. The Balaban J connectivity index is 1.37. The number of carbonyl (C=O) groups excluding carboxylic acids is 1. The summed E-state index contributed by atoms with van der Waals surface area (Å²) in [7, 11) is 1.66. The Morgan fingerprint density at radius 3 is 2.25 bits per heavy atom. The number of amides is 1. The van der Waals surface area contributed by atoms with Crippen LogP contribution >= 0.6 is 11.3 Å². The third kappa shape index (κ3) is 10.0. The second kappa shape index (κ2) is 16.0. The summed E-state index contributed by atoms with van der Waals surface area (Å²) in [4.78, 5) is 17.2. The van der Waals surface area contributed by atoms with Crippen LogP contribution in [0, 0.1) is 0 Å². The van der Waals surface area contributed by atoms with Gasteiger partial charge in [-0.05, 0) is 30.7 Å². The molecule has 0 aliphatic heterocycles. The van der Waals surface area contributed by atoms with Crippen LogP contribution in [0.4, 0.5) is 16.5 Å². The van der Waals surface area contributed by atoms with Gasteiger partial charge in [0.2, 0.25) is 5.91 Å². The zero-order chi connectivity index (χ0) is 25.4. The minimum Gasteiger partial charge on any atom is -0.497 e. The summed E-state index contributed by atoms with van der Waals surface area (Å²) in [5.41, 5.74) is 3.61. The number of thiazole rings is 1. The molecule has 1 aromatic heterocycles. The minimum atomic E-state index is 0.0849. The predicted octanol–water partition coefficient (Wildman–Crippen LogP) is 9.20. The third-order valence-corrected chi connectivity index (χ3v) is 7.03. The van der Waals surface area contributed by atoms with Crippen molar-refractivity contribution in [3.8, 4) is 17.0 Å². The number of carbonyl (C=O) groups is 1. The fourth-order valence-corrected chi connectivity index (χ4v) is 4.96. The van der Waals surface area contributed by atoms with Gasteiger partial charge in [0.15, 0.2) is 5.13 Å². The molecule has 5 nitrogen and oxygen atoms in total. The van der Waals surface area contributed by atoms with E-state index in [2.05, 4.69) is 17.6 Å². The largest absolute Gasteiger partial charge is 0.497 e. The zero-order valence-corrected chi connectivity index (χ0v) is 22.7. The number of aromatic nitrogens is 1. The van der Waals surface area contributed by atoms with Crippen molar-refractivity contribution in [1.82, 2.24) is 4.98 Å². The van der Waals surface area contributed by atoms with E-state index in [1.165, 1.54) is 57.8 Å². The number of methoxy groups -OCH3 is 1. The number of hydrogen-bond acceptors (Lipinski definition) is 5. The van der Waals surface area contributed by atoms with Crippen molar-refractivity contribution in [2.45, 2.75) is 84.0 Å². The normalized spacial score (nSPS) is 10.8. The van der Waals surface area contributed by atoms with E-state index in [0.717, 1.165) is 46.4 Å². The van der Waals surface area contributed by atoms with E-state index in [1.807, 2.05) is 53.9 Å². The SMILES string of the molecule is CCCCCCCCCCCCCC(=O)Nc1cccc(-c2csc(Nc3cccc(OC)c3)n2)c1. The van der Waals surface area contributed by atoms with Crippen LogP contribution in [0.25, 0.3) is 11.3 Å². The van der Waals surface area contributed by atoms with Gasteiger partial charge < -0.3 is 15.4 Å². The van der Waals surface area contributed by atoms with Crippen molar-refractivity contribution >= 4 is 33.8 Å². The molecule has 1 heterocycles. The number of rotatable bonds is 17. The fraction of sp³-hybridized carbons (Fsp3) is 0.467. The molecule has 0 fully saturated rings. The summed E-state index contributed by atoms with van der Waals surface area (Å²) < 4.78 is 5.28. The van der Waals surface area contributed by atoms with E-state index >= 15 is 0 Å². The molecule has 3 rings (SSSR count). The Bertz CT molecular complexity index is 1050. The highest BCUT2D eigenvalue weighted by molar-refractivity contribution is 7.14. The van der Waals surface area contributed by atoms with Gasteiger partial charge in [-0.1, -0.05) is 89.3 Å².